The molecule has 17 heavy (non-hydrogen) atoms. The number of primary amides is 1. The smallest absolute Gasteiger partial charge is 0.236 e. The van der Waals surface area contributed by atoms with Gasteiger partial charge in [0.2, 0.25) is 5.91 Å². The molecular weight excluding hydrogens is 241 g/mol. The number of aromatic nitrogens is 1. The first-order valence-corrected chi connectivity index (χ1v) is 5.77. The van der Waals surface area contributed by atoms with Crippen LogP contribution in [0.15, 0.2) is 29.6 Å². The van der Waals surface area contributed by atoms with Crippen LogP contribution >= 0.6 is 11.3 Å². The van der Waals surface area contributed by atoms with E-state index in [1.165, 1.54) is 23.5 Å². The fourth-order valence-electron chi connectivity index (χ4n) is 1.27. The Morgan fingerprint density at radius 2 is 2.12 bits per heavy atom. The van der Waals surface area contributed by atoms with Crippen LogP contribution in [0.1, 0.15) is 0 Å². The highest BCUT2D eigenvalue weighted by Crippen LogP contribution is 2.24. The topological polar surface area (TPSA) is 68.0 Å². The molecule has 0 aliphatic carbocycles. The number of amides is 1. The van der Waals surface area contributed by atoms with E-state index in [1.54, 1.807) is 12.1 Å². The standard InChI is InChI=1S/C11H10FN3OS/c12-8-3-1-7(2-4-8)9-6-17-11(15-9)14-5-10(13)16/h1-4,6H,5H2,(H2,13,16)(H,14,15). The van der Waals surface area contributed by atoms with E-state index in [9.17, 15) is 9.18 Å². The number of nitrogens with zero attached hydrogens (tertiary/aromatic N) is 1. The SMILES string of the molecule is NC(=O)CNc1nc(-c2ccc(F)cc2)cs1. The number of hydrogen-bond acceptors (Lipinski definition) is 4. The minimum Gasteiger partial charge on any atom is -0.368 e. The predicted molar refractivity (Wildman–Crippen MR) is 65.2 cm³/mol. The Balaban J connectivity index is 2.12. The molecule has 1 aromatic carbocycles. The third kappa shape index (κ3) is 3.01. The number of anilines is 1. The lowest BCUT2D eigenvalue weighted by Gasteiger charge is -1.98. The van der Waals surface area contributed by atoms with Crippen molar-refractivity contribution in [1.82, 2.24) is 4.98 Å². The van der Waals surface area contributed by atoms with E-state index in [1.807, 2.05) is 5.38 Å². The van der Waals surface area contributed by atoms with Gasteiger partial charge in [-0.05, 0) is 24.3 Å². The third-order valence-electron chi connectivity index (χ3n) is 2.06. The third-order valence-corrected chi connectivity index (χ3v) is 2.86. The molecule has 3 N–H and O–H groups in total. The Hall–Kier alpha value is -1.95. The van der Waals surface area contributed by atoms with E-state index >= 15 is 0 Å². The van der Waals surface area contributed by atoms with E-state index in [0.29, 0.717) is 5.13 Å². The van der Waals surface area contributed by atoms with Crippen molar-refractivity contribution in [2.75, 3.05) is 11.9 Å². The highest BCUT2D eigenvalue weighted by atomic mass is 32.1. The lowest BCUT2D eigenvalue weighted by molar-refractivity contribution is -0.116. The predicted octanol–water partition coefficient (Wildman–Crippen LogP) is 1.85. The minimum absolute atomic E-state index is 0.0520. The molecule has 0 spiro atoms. The second-order valence-corrected chi connectivity index (χ2v) is 4.22. The molecule has 0 unspecified atom stereocenters. The van der Waals surface area contributed by atoms with Gasteiger partial charge < -0.3 is 11.1 Å². The number of nitrogens with two attached hydrogens (primary N) is 1. The van der Waals surface area contributed by atoms with Crippen LogP contribution in [0, 0.1) is 5.82 Å². The van der Waals surface area contributed by atoms with Gasteiger partial charge in [-0.2, -0.15) is 0 Å². The van der Waals surface area contributed by atoms with Crippen LogP contribution in [0.25, 0.3) is 11.3 Å². The molecule has 4 nitrogen and oxygen atoms in total. The lowest BCUT2D eigenvalue weighted by Crippen LogP contribution is -2.21. The summed E-state index contributed by atoms with van der Waals surface area (Å²) in [5, 5.41) is 5.25. The molecule has 1 amide bonds. The molecule has 0 atom stereocenters. The summed E-state index contributed by atoms with van der Waals surface area (Å²) < 4.78 is 12.7. The van der Waals surface area contributed by atoms with Crippen LogP contribution in [0.4, 0.5) is 9.52 Å². The van der Waals surface area contributed by atoms with Gasteiger partial charge in [-0.1, -0.05) is 0 Å². The first-order chi connectivity index (χ1) is 8.15. The summed E-state index contributed by atoms with van der Waals surface area (Å²) in [6, 6.07) is 6.07. The number of halogens is 1. The largest absolute Gasteiger partial charge is 0.368 e. The number of carbonyl (C=O) groups is 1. The Morgan fingerprint density at radius 1 is 1.41 bits per heavy atom. The maximum atomic E-state index is 12.7. The summed E-state index contributed by atoms with van der Waals surface area (Å²) in [7, 11) is 0. The molecule has 0 bridgehead atoms. The van der Waals surface area contributed by atoms with Crippen molar-refractivity contribution < 1.29 is 9.18 Å². The van der Waals surface area contributed by atoms with Crippen molar-refractivity contribution in [1.29, 1.82) is 0 Å². The Kier molecular flexibility index (Phi) is 3.34. The number of nitrogens with one attached hydrogen (secondary N) is 1. The molecule has 88 valence electrons. The van der Waals surface area contributed by atoms with Gasteiger partial charge in [0.05, 0.1) is 12.2 Å². The van der Waals surface area contributed by atoms with Crippen molar-refractivity contribution in [2.24, 2.45) is 5.73 Å². The first-order valence-electron chi connectivity index (χ1n) is 4.89. The summed E-state index contributed by atoms with van der Waals surface area (Å²) in [5.74, 6) is -0.723. The van der Waals surface area contributed by atoms with Gasteiger partial charge >= 0.3 is 0 Å². The lowest BCUT2D eigenvalue weighted by atomic mass is 10.2. The maximum Gasteiger partial charge on any atom is 0.236 e. The van der Waals surface area contributed by atoms with E-state index in [0.717, 1.165) is 11.3 Å². The van der Waals surface area contributed by atoms with Gasteiger partial charge in [0.15, 0.2) is 5.13 Å². The Morgan fingerprint density at radius 3 is 2.76 bits per heavy atom. The van der Waals surface area contributed by atoms with E-state index in [2.05, 4.69) is 10.3 Å². The van der Waals surface area contributed by atoms with Gasteiger partial charge in [-0.3, -0.25) is 4.79 Å². The molecule has 6 heteroatoms. The summed E-state index contributed by atoms with van der Waals surface area (Å²) in [6.45, 7) is 0.0520. The van der Waals surface area contributed by atoms with Crippen LogP contribution in [-0.4, -0.2) is 17.4 Å². The van der Waals surface area contributed by atoms with Crippen LogP contribution in [-0.2, 0) is 4.79 Å². The fourth-order valence-corrected chi connectivity index (χ4v) is 1.99. The second-order valence-electron chi connectivity index (χ2n) is 3.36. The number of benzene rings is 1. The van der Waals surface area contributed by atoms with Gasteiger partial charge in [0.1, 0.15) is 5.82 Å². The summed E-state index contributed by atoms with van der Waals surface area (Å²) in [4.78, 5) is 14.8. The monoisotopic (exact) mass is 251 g/mol. The maximum absolute atomic E-state index is 12.7. The van der Waals surface area contributed by atoms with E-state index in [4.69, 9.17) is 5.73 Å². The molecule has 0 radical (unpaired) electrons. The molecule has 0 saturated heterocycles. The number of thiazole rings is 1. The van der Waals surface area contributed by atoms with E-state index in [-0.39, 0.29) is 12.4 Å². The van der Waals surface area contributed by atoms with Crippen molar-refractivity contribution in [3.8, 4) is 11.3 Å². The highest BCUT2D eigenvalue weighted by Gasteiger charge is 2.05. The molecule has 0 aliphatic rings. The minimum atomic E-state index is -0.441. The number of hydrogen-bond donors (Lipinski definition) is 2. The van der Waals surface area contributed by atoms with Crippen molar-refractivity contribution in [2.45, 2.75) is 0 Å². The van der Waals surface area contributed by atoms with Crippen LogP contribution < -0.4 is 11.1 Å². The van der Waals surface area contributed by atoms with Crippen LogP contribution in [0.2, 0.25) is 0 Å². The molecule has 2 rings (SSSR count). The quantitative estimate of drug-likeness (QED) is 0.871. The summed E-state index contributed by atoms with van der Waals surface area (Å²) in [5.41, 5.74) is 6.58. The molecule has 2 aromatic rings. The summed E-state index contributed by atoms with van der Waals surface area (Å²) in [6.07, 6.45) is 0. The van der Waals surface area contributed by atoms with Crippen LogP contribution in [0.3, 0.4) is 0 Å². The second kappa shape index (κ2) is 4.92. The van der Waals surface area contributed by atoms with Crippen LogP contribution in [0.5, 0.6) is 0 Å². The zero-order chi connectivity index (χ0) is 12.3. The number of rotatable bonds is 4. The van der Waals surface area contributed by atoms with E-state index < -0.39 is 5.91 Å². The van der Waals surface area contributed by atoms with Gasteiger partial charge in [0, 0.05) is 10.9 Å². The Labute approximate surface area is 101 Å². The molecule has 0 saturated carbocycles. The van der Waals surface area contributed by atoms with Crippen molar-refractivity contribution in [3.05, 3.63) is 35.5 Å². The first kappa shape index (κ1) is 11.5. The molecule has 0 fully saturated rings. The number of carbonyl (C=O) groups excluding carboxylic acids is 1. The average molecular weight is 251 g/mol. The molecule has 1 aromatic heterocycles. The highest BCUT2D eigenvalue weighted by molar-refractivity contribution is 7.14. The van der Waals surface area contributed by atoms with Gasteiger partial charge in [0.25, 0.3) is 0 Å². The Bertz CT molecular complexity index is 524. The average Bonchev–Trinajstić information content (AvgIpc) is 2.76. The fraction of sp³-hybridized carbons (Fsp3) is 0.0909. The normalized spacial score (nSPS) is 10.2. The zero-order valence-electron chi connectivity index (χ0n) is 8.81. The van der Waals surface area contributed by atoms with Crippen molar-refractivity contribution >= 4 is 22.4 Å². The van der Waals surface area contributed by atoms with Gasteiger partial charge in [-0.15, -0.1) is 11.3 Å². The summed E-state index contributed by atoms with van der Waals surface area (Å²) >= 11 is 1.37. The van der Waals surface area contributed by atoms with Crippen molar-refractivity contribution in [3.63, 3.8) is 0 Å². The molecule has 1 heterocycles. The molecule has 0 aliphatic heterocycles. The molecular formula is C11H10FN3OS. The zero-order valence-corrected chi connectivity index (χ0v) is 9.63. The van der Waals surface area contributed by atoms with Gasteiger partial charge in [-0.25, -0.2) is 9.37 Å².